The van der Waals surface area contributed by atoms with Gasteiger partial charge in [0, 0.05) is 18.2 Å². The molecule has 0 saturated heterocycles. The quantitative estimate of drug-likeness (QED) is 0.484. The first kappa shape index (κ1) is 24.1. The fourth-order valence-corrected chi connectivity index (χ4v) is 5.58. The van der Waals surface area contributed by atoms with Crippen LogP contribution in [-0.4, -0.2) is 24.7 Å². The summed E-state index contributed by atoms with van der Waals surface area (Å²) in [5.74, 6) is 1.80. The third kappa shape index (κ3) is 5.54. The van der Waals surface area contributed by atoms with Crippen LogP contribution in [0.1, 0.15) is 77.3 Å². The number of hydrogen-bond donors (Lipinski definition) is 1. The van der Waals surface area contributed by atoms with E-state index >= 15 is 0 Å². The summed E-state index contributed by atoms with van der Waals surface area (Å²) in [6.07, 6.45) is 6.75. The lowest BCUT2D eigenvalue weighted by atomic mass is 9.72. The SMILES string of the molecule is CCOC(=O)C1CC(NCc2c(O[C@H]3CC[C@H](C(C)(C)C)CC3)cc(C)c3ccccc23)C1. The molecule has 0 aromatic heterocycles. The number of aryl methyl sites for hydroxylation is 1. The second kappa shape index (κ2) is 10.0. The average Bonchev–Trinajstić information content (AvgIpc) is 2.74. The highest BCUT2D eigenvalue weighted by molar-refractivity contribution is 5.90. The van der Waals surface area contributed by atoms with Gasteiger partial charge in [-0.25, -0.2) is 0 Å². The summed E-state index contributed by atoms with van der Waals surface area (Å²) in [6, 6.07) is 11.2. The molecule has 0 amide bonds. The first-order valence-corrected chi connectivity index (χ1v) is 12.8. The predicted molar refractivity (Wildman–Crippen MR) is 134 cm³/mol. The van der Waals surface area contributed by atoms with E-state index in [1.165, 1.54) is 34.7 Å². The van der Waals surface area contributed by atoms with Crippen LogP contribution < -0.4 is 10.1 Å². The number of fused-ring (bicyclic) bond motifs is 1. The van der Waals surface area contributed by atoms with E-state index in [9.17, 15) is 4.79 Å². The molecular formula is C29H41NO3. The van der Waals surface area contributed by atoms with E-state index < -0.39 is 0 Å². The van der Waals surface area contributed by atoms with Crippen molar-refractivity contribution < 1.29 is 14.3 Å². The van der Waals surface area contributed by atoms with E-state index in [2.05, 4.69) is 63.3 Å². The minimum Gasteiger partial charge on any atom is -0.490 e. The third-order valence-electron chi connectivity index (χ3n) is 7.84. The fraction of sp³-hybridized carbons (Fsp3) is 0.621. The lowest BCUT2D eigenvalue weighted by Gasteiger charge is -2.37. The summed E-state index contributed by atoms with van der Waals surface area (Å²) in [4.78, 5) is 11.9. The van der Waals surface area contributed by atoms with Crippen molar-refractivity contribution in [3.63, 3.8) is 0 Å². The molecule has 33 heavy (non-hydrogen) atoms. The van der Waals surface area contributed by atoms with Crippen LogP contribution in [-0.2, 0) is 16.1 Å². The van der Waals surface area contributed by atoms with Crippen molar-refractivity contribution in [3.8, 4) is 5.75 Å². The standard InChI is InChI=1S/C29H41NO3/c1-6-32-28(31)20-16-22(17-20)30-18-26-25-10-8-7-9-24(25)19(2)15-27(26)33-23-13-11-21(12-14-23)29(3,4)5/h7-10,15,20-23,30H,6,11-14,16-18H2,1-5H3/t20?,21-,22?,23-. The van der Waals surface area contributed by atoms with E-state index in [0.717, 1.165) is 43.9 Å². The summed E-state index contributed by atoms with van der Waals surface area (Å²) in [5, 5.41) is 6.25. The van der Waals surface area contributed by atoms with Crippen LogP contribution >= 0.6 is 0 Å². The Bertz CT molecular complexity index is 963. The molecule has 2 saturated carbocycles. The predicted octanol–water partition coefficient (Wildman–Crippen LogP) is 6.56. The van der Waals surface area contributed by atoms with Gasteiger partial charge in [0.1, 0.15) is 5.75 Å². The smallest absolute Gasteiger partial charge is 0.309 e. The Labute approximate surface area is 199 Å². The van der Waals surface area contributed by atoms with Gasteiger partial charge < -0.3 is 14.8 Å². The van der Waals surface area contributed by atoms with Gasteiger partial charge in [0.05, 0.1) is 18.6 Å². The monoisotopic (exact) mass is 451 g/mol. The second-order valence-corrected chi connectivity index (χ2v) is 11.2. The molecular weight excluding hydrogens is 410 g/mol. The number of hydrogen-bond acceptors (Lipinski definition) is 4. The summed E-state index contributed by atoms with van der Waals surface area (Å²) in [5.41, 5.74) is 2.89. The molecule has 180 valence electrons. The normalized spacial score (nSPS) is 25.5. The molecule has 0 spiro atoms. The Kier molecular flexibility index (Phi) is 7.33. The molecule has 2 aromatic carbocycles. The molecule has 4 nitrogen and oxygen atoms in total. The second-order valence-electron chi connectivity index (χ2n) is 11.2. The number of esters is 1. The fourth-order valence-electron chi connectivity index (χ4n) is 5.58. The van der Waals surface area contributed by atoms with Gasteiger partial charge in [0.15, 0.2) is 0 Å². The highest BCUT2D eigenvalue weighted by Crippen LogP contribution is 2.40. The molecule has 2 aliphatic rings. The molecule has 2 fully saturated rings. The summed E-state index contributed by atoms with van der Waals surface area (Å²) in [7, 11) is 0. The van der Waals surface area contributed by atoms with Gasteiger partial charge in [-0.15, -0.1) is 0 Å². The number of carbonyl (C=O) groups excluding carboxylic acids is 1. The molecule has 0 unspecified atom stereocenters. The third-order valence-corrected chi connectivity index (χ3v) is 7.84. The van der Waals surface area contributed by atoms with Crippen molar-refractivity contribution in [2.75, 3.05) is 6.61 Å². The van der Waals surface area contributed by atoms with Crippen molar-refractivity contribution in [1.82, 2.24) is 5.32 Å². The van der Waals surface area contributed by atoms with Crippen LogP contribution in [0.25, 0.3) is 10.8 Å². The van der Waals surface area contributed by atoms with Crippen molar-refractivity contribution >= 4 is 16.7 Å². The largest absolute Gasteiger partial charge is 0.490 e. The summed E-state index contributed by atoms with van der Waals surface area (Å²) < 4.78 is 11.9. The number of nitrogens with one attached hydrogen (secondary N) is 1. The first-order valence-electron chi connectivity index (χ1n) is 12.8. The molecule has 0 radical (unpaired) electrons. The number of carbonyl (C=O) groups is 1. The molecule has 4 heteroatoms. The van der Waals surface area contributed by atoms with Gasteiger partial charge in [-0.3, -0.25) is 4.79 Å². The molecule has 2 aliphatic carbocycles. The maximum Gasteiger partial charge on any atom is 0.309 e. The van der Waals surface area contributed by atoms with Crippen LogP contribution in [0, 0.1) is 24.2 Å². The van der Waals surface area contributed by atoms with Crippen molar-refractivity contribution in [1.29, 1.82) is 0 Å². The van der Waals surface area contributed by atoms with Crippen molar-refractivity contribution in [2.24, 2.45) is 17.3 Å². The Hall–Kier alpha value is -2.07. The van der Waals surface area contributed by atoms with Crippen molar-refractivity contribution in [2.45, 2.75) is 91.8 Å². The Morgan fingerprint density at radius 1 is 1.06 bits per heavy atom. The van der Waals surface area contributed by atoms with Crippen LogP contribution in [0.5, 0.6) is 5.75 Å². The number of rotatable bonds is 7. The Morgan fingerprint density at radius 3 is 2.36 bits per heavy atom. The van der Waals surface area contributed by atoms with Gasteiger partial charge >= 0.3 is 5.97 Å². The van der Waals surface area contributed by atoms with Crippen LogP contribution in [0.15, 0.2) is 30.3 Å². The van der Waals surface area contributed by atoms with Crippen LogP contribution in [0.3, 0.4) is 0 Å². The maximum atomic E-state index is 11.9. The van der Waals surface area contributed by atoms with Gasteiger partial charge in [-0.1, -0.05) is 45.0 Å². The molecule has 0 bridgehead atoms. The van der Waals surface area contributed by atoms with Gasteiger partial charge in [-0.2, -0.15) is 0 Å². The highest BCUT2D eigenvalue weighted by atomic mass is 16.5. The molecule has 0 heterocycles. The maximum absolute atomic E-state index is 11.9. The molecule has 2 aromatic rings. The topological polar surface area (TPSA) is 47.6 Å². The molecule has 4 rings (SSSR count). The lowest BCUT2D eigenvalue weighted by molar-refractivity contribution is -0.151. The highest BCUT2D eigenvalue weighted by Gasteiger charge is 2.35. The van der Waals surface area contributed by atoms with E-state index in [4.69, 9.17) is 9.47 Å². The minimum atomic E-state index is -0.0498. The lowest BCUT2D eigenvalue weighted by Crippen LogP contribution is -2.44. The van der Waals surface area contributed by atoms with Gasteiger partial charge in [0.25, 0.3) is 0 Å². The summed E-state index contributed by atoms with van der Waals surface area (Å²) in [6.45, 7) is 12.4. The molecule has 0 aliphatic heterocycles. The minimum absolute atomic E-state index is 0.0472. The Balaban J connectivity index is 1.47. The summed E-state index contributed by atoms with van der Waals surface area (Å²) >= 11 is 0. The molecule has 0 atom stereocenters. The number of ether oxygens (including phenoxy) is 2. The van der Waals surface area contributed by atoms with Crippen LogP contribution in [0.4, 0.5) is 0 Å². The van der Waals surface area contributed by atoms with E-state index in [1.54, 1.807) is 0 Å². The zero-order chi connectivity index (χ0) is 23.6. The van der Waals surface area contributed by atoms with Crippen molar-refractivity contribution in [3.05, 3.63) is 41.5 Å². The van der Waals surface area contributed by atoms with E-state index in [1.807, 2.05) is 6.92 Å². The van der Waals surface area contributed by atoms with E-state index in [-0.39, 0.29) is 11.9 Å². The van der Waals surface area contributed by atoms with Gasteiger partial charge in [0.2, 0.25) is 0 Å². The van der Waals surface area contributed by atoms with Crippen LogP contribution in [0.2, 0.25) is 0 Å². The zero-order valence-corrected chi connectivity index (χ0v) is 21.1. The van der Waals surface area contributed by atoms with Gasteiger partial charge in [-0.05, 0) is 86.1 Å². The average molecular weight is 452 g/mol. The molecule has 1 N–H and O–H groups in total. The zero-order valence-electron chi connectivity index (χ0n) is 21.1. The number of benzene rings is 2. The Morgan fingerprint density at radius 2 is 1.73 bits per heavy atom. The first-order chi connectivity index (χ1) is 15.8. The van der Waals surface area contributed by atoms with E-state index in [0.29, 0.717) is 24.2 Å².